The van der Waals surface area contributed by atoms with Crippen LogP contribution in [0.25, 0.3) is 0 Å². The summed E-state index contributed by atoms with van der Waals surface area (Å²) in [6.45, 7) is 0. The quantitative estimate of drug-likeness (QED) is 0.608. The van der Waals surface area contributed by atoms with Gasteiger partial charge in [-0.05, 0) is 0 Å². The van der Waals surface area contributed by atoms with Crippen LogP contribution in [0, 0.1) is 22.1 Å². The van der Waals surface area contributed by atoms with Crippen LogP contribution in [0.1, 0.15) is 0 Å². The highest BCUT2D eigenvalue weighted by Crippen LogP contribution is 2.57. The summed E-state index contributed by atoms with van der Waals surface area (Å²) < 4.78 is 23.9. The summed E-state index contributed by atoms with van der Waals surface area (Å²) >= 11 is 0. The van der Waals surface area contributed by atoms with Crippen molar-refractivity contribution in [3.05, 3.63) is 0 Å². The van der Waals surface area contributed by atoms with Gasteiger partial charge < -0.3 is 9.79 Å². The molecule has 0 rings (SSSR count). The van der Waals surface area contributed by atoms with E-state index in [4.69, 9.17) is 20.3 Å². The molecule has 7 nitrogen and oxygen atoms in total. The van der Waals surface area contributed by atoms with Crippen molar-refractivity contribution in [2.45, 2.75) is 0 Å². The van der Waals surface area contributed by atoms with E-state index in [0.717, 1.165) is 11.6 Å². The van der Waals surface area contributed by atoms with E-state index in [9.17, 15) is 9.13 Å². The summed E-state index contributed by atoms with van der Waals surface area (Å²) in [5, 5.41) is 15.9. The number of phosphoric acid groups is 1. The Morgan fingerprint density at radius 1 is 1.18 bits per heavy atom. The second-order valence-electron chi connectivity index (χ2n) is 1.32. The minimum atomic E-state index is -5.03. The van der Waals surface area contributed by atoms with Crippen LogP contribution in [0.4, 0.5) is 0 Å². The standard InChI is InChI=1S/C2H2N2O5P2/c3-1-10(5,2-4)9-11(6,7)8/h(H2,6,7,8). The Labute approximate surface area is 61.5 Å². The molecule has 0 aliphatic rings. The molecule has 0 bridgehead atoms. The maximum Gasteiger partial charge on any atom is 0.476 e. The van der Waals surface area contributed by atoms with Crippen LogP contribution >= 0.6 is 15.2 Å². The smallest absolute Gasteiger partial charge is 0.302 e. The van der Waals surface area contributed by atoms with Crippen molar-refractivity contribution in [3.63, 3.8) is 0 Å². The molecule has 0 aliphatic carbocycles. The highest BCUT2D eigenvalue weighted by Gasteiger charge is 2.32. The summed E-state index contributed by atoms with van der Waals surface area (Å²) in [7, 11) is -9.48. The summed E-state index contributed by atoms with van der Waals surface area (Å²) in [6, 6.07) is 0. The molecule has 0 heterocycles. The highest BCUT2D eigenvalue weighted by atomic mass is 31.3. The van der Waals surface area contributed by atoms with Crippen LogP contribution in [-0.4, -0.2) is 9.79 Å². The van der Waals surface area contributed by atoms with Gasteiger partial charge in [-0.3, -0.25) is 4.57 Å². The second kappa shape index (κ2) is 3.15. The maximum atomic E-state index is 10.5. The summed E-state index contributed by atoms with van der Waals surface area (Å²) in [4.78, 5) is 16.1. The van der Waals surface area contributed by atoms with Gasteiger partial charge in [-0.2, -0.15) is 10.5 Å². The van der Waals surface area contributed by atoms with Crippen molar-refractivity contribution >= 4 is 15.2 Å². The van der Waals surface area contributed by atoms with Crippen molar-refractivity contribution in [3.8, 4) is 11.6 Å². The van der Waals surface area contributed by atoms with Crippen LogP contribution in [0.3, 0.4) is 0 Å². The summed E-state index contributed by atoms with van der Waals surface area (Å²) in [5.74, 6) is 1.73. The van der Waals surface area contributed by atoms with Crippen LogP contribution in [0.5, 0.6) is 0 Å². The van der Waals surface area contributed by atoms with Gasteiger partial charge in [0.25, 0.3) is 0 Å². The molecule has 0 aromatic rings. The van der Waals surface area contributed by atoms with Gasteiger partial charge in [0, 0.05) is 0 Å². The molecule has 0 fully saturated rings. The first-order valence-electron chi connectivity index (χ1n) is 2.02. The van der Waals surface area contributed by atoms with E-state index in [0.29, 0.717) is 0 Å². The van der Waals surface area contributed by atoms with Gasteiger partial charge in [0.2, 0.25) is 0 Å². The van der Waals surface area contributed by atoms with Gasteiger partial charge in [0.15, 0.2) is 11.6 Å². The van der Waals surface area contributed by atoms with E-state index in [-0.39, 0.29) is 0 Å². The van der Waals surface area contributed by atoms with Gasteiger partial charge in [-0.1, -0.05) is 0 Å². The molecule has 60 valence electrons. The van der Waals surface area contributed by atoms with E-state index < -0.39 is 15.2 Å². The van der Waals surface area contributed by atoms with Crippen molar-refractivity contribution in [1.82, 2.24) is 0 Å². The number of nitriles is 2. The Balaban J connectivity index is 4.69. The van der Waals surface area contributed by atoms with Gasteiger partial charge in [-0.15, -0.1) is 0 Å². The Morgan fingerprint density at radius 3 is 1.64 bits per heavy atom. The van der Waals surface area contributed by atoms with E-state index in [1.165, 1.54) is 0 Å². The van der Waals surface area contributed by atoms with E-state index >= 15 is 0 Å². The molecule has 0 spiro atoms. The lowest BCUT2D eigenvalue weighted by Gasteiger charge is -2.02. The van der Waals surface area contributed by atoms with Gasteiger partial charge in [0.05, 0.1) is 0 Å². The first-order chi connectivity index (χ1) is 4.83. The molecular weight excluding hydrogens is 194 g/mol. The Bertz CT molecular complexity index is 298. The largest absolute Gasteiger partial charge is 0.476 e. The minimum absolute atomic E-state index is 0.865. The molecule has 9 heteroatoms. The van der Waals surface area contributed by atoms with Crippen LogP contribution in [0.2, 0.25) is 0 Å². The first-order valence-corrected chi connectivity index (χ1v) is 5.18. The molecule has 0 aromatic heterocycles. The zero-order valence-corrected chi connectivity index (χ0v) is 6.70. The molecule has 0 saturated carbocycles. The number of hydrogen-bond donors (Lipinski definition) is 2. The van der Waals surface area contributed by atoms with E-state index in [1.54, 1.807) is 0 Å². The zero-order valence-electron chi connectivity index (χ0n) is 4.91. The Morgan fingerprint density at radius 2 is 1.55 bits per heavy atom. The van der Waals surface area contributed by atoms with Gasteiger partial charge >= 0.3 is 15.2 Å². The average molecular weight is 196 g/mol. The molecule has 0 aliphatic heterocycles. The molecule has 0 radical (unpaired) electrons. The molecule has 0 unspecified atom stereocenters. The first kappa shape index (κ1) is 10.3. The van der Waals surface area contributed by atoms with E-state index in [2.05, 4.69) is 4.31 Å². The topological polar surface area (TPSA) is 131 Å². The molecule has 0 aromatic carbocycles. The van der Waals surface area contributed by atoms with Crippen molar-refractivity contribution in [2.75, 3.05) is 0 Å². The van der Waals surface area contributed by atoms with Crippen LogP contribution in [0.15, 0.2) is 0 Å². The third kappa shape index (κ3) is 3.90. The SMILES string of the molecule is N#CP(=O)(C#N)OP(=O)(O)O. The molecule has 0 saturated heterocycles. The molecule has 2 N–H and O–H groups in total. The highest BCUT2D eigenvalue weighted by molar-refractivity contribution is 7.74. The van der Waals surface area contributed by atoms with Gasteiger partial charge in [-0.25, -0.2) is 8.88 Å². The fraction of sp³-hybridized carbons (Fsp3) is 0. The molecular formula is C2H2N2O5P2. The number of hydrogen-bond acceptors (Lipinski definition) is 5. The third-order valence-electron chi connectivity index (χ3n) is 0.485. The van der Waals surface area contributed by atoms with E-state index in [1.807, 2.05) is 0 Å². The van der Waals surface area contributed by atoms with Crippen LogP contribution in [-0.2, 0) is 13.4 Å². The monoisotopic (exact) mass is 196 g/mol. The predicted octanol–water partition coefficient (Wildman–Crippen LogP) is 0.336. The van der Waals surface area contributed by atoms with Crippen molar-refractivity contribution in [1.29, 1.82) is 10.5 Å². The summed E-state index contributed by atoms with van der Waals surface area (Å²) in [5.41, 5.74) is 0. The third-order valence-corrected chi connectivity index (χ3v) is 2.78. The zero-order chi connectivity index (χ0) is 9.12. The lowest BCUT2D eigenvalue weighted by Crippen LogP contribution is -1.83. The lowest BCUT2D eigenvalue weighted by molar-refractivity contribution is 0.287. The molecule has 0 amide bonds. The molecule has 11 heavy (non-hydrogen) atoms. The Kier molecular flexibility index (Phi) is 2.95. The summed E-state index contributed by atoms with van der Waals surface area (Å²) in [6.07, 6.45) is 0. The predicted molar refractivity (Wildman–Crippen MR) is 32.0 cm³/mol. The second-order valence-corrected chi connectivity index (χ2v) is 4.46. The van der Waals surface area contributed by atoms with Gasteiger partial charge in [0.1, 0.15) is 0 Å². The lowest BCUT2D eigenvalue weighted by atomic mass is 11.8. The fourth-order valence-corrected chi connectivity index (χ4v) is 1.74. The number of rotatable bonds is 2. The fourth-order valence-electron chi connectivity index (χ4n) is 0.209. The van der Waals surface area contributed by atoms with Crippen molar-refractivity contribution < 1.29 is 23.2 Å². The maximum absolute atomic E-state index is 10.5. The minimum Gasteiger partial charge on any atom is -0.302 e. The van der Waals surface area contributed by atoms with Crippen molar-refractivity contribution in [2.24, 2.45) is 0 Å². The average Bonchev–Trinajstić information content (AvgIpc) is 1.84. The number of nitrogens with zero attached hydrogens (tertiary/aromatic N) is 2. The normalized spacial score (nSPS) is 11.6. The molecule has 0 atom stereocenters. The van der Waals surface area contributed by atoms with Crippen LogP contribution < -0.4 is 0 Å². The Hall–Kier alpha value is -0.680.